The SMILES string of the molecule is CCCCCCCCC(CC)CCCCC#CCCC(CC)CCCCCC. The molecule has 0 heterocycles. The van der Waals surface area contributed by atoms with Crippen molar-refractivity contribution >= 4 is 0 Å². The first-order chi connectivity index (χ1) is 13.8. The summed E-state index contributed by atoms with van der Waals surface area (Å²) >= 11 is 0. The summed E-state index contributed by atoms with van der Waals surface area (Å²) in [6.45, 7) is 9.33. The summed E-state index contributed by atoms with van der Waals surface area (Å²) < 4.78 is 0. The van der Waals surface area contributed by atoms with Crippen molar-refractivity contribution in [3.63, 3.8) is 0 Å². The summed E-state index contributed by atoms with van der Waals surface area (Å²) in [5.74, 6) is 8.80. The van der Waals surface area contributed by atoms with Crippen LogP contribution in [0.5, 0.6) is 0 Å². The second-order valence-electron chi connectivity index (χ2n) is 9.09. The zero-order chi connectivity index (χ0) is 20.7. The maximum atomic E-state index is 3.46. The lowest BCUT2D eigenvalue weighted by Crippen LogP contribution is -1.99. The zero-order valence-electron chi connectivity index (χ0n) is 20.3. The molecule has 0 N–H and O–H groups in total. The molecule has 0 radical (unpaired) electrons. The van der Waals surface area contributed by atoms with Crippen LogP contribution in [0.3, 0.4) is 0 Å². The van der Waals surface area contributed by atoms with Gasteiger partial charge in [0, 0.05) is 12.8 Å². The molecule has 0 saturated heterocycles. The van der Waals surface area contributed by atoms with Gasteiger partial charge >= 0.3 is 0 Å². The summed E-state index contributed by atoms with van der Waals surface area (Å²) in [5, 5.41) is 0. The first kappa shape index (κ1) is 27.6. The fraction of sp³-hybridized carbons (Fsp3) is 0.929. The van der Waals surface area contributed by atoms with Crippen molar-refractivity contribution in [2.45, 2.75) is 156 Å². The highest BCUT2D eigenvalue weighted by atomic mass is 14.1. The van der Waals surface area contributed by atoms with Gasteiger partial charge in [0.25, 0.3) is 0 Å². The molecule has 0 nitrogen and oxygen atoms in total. The van der Waals surface area contributed by atoms with Gasteiger partial charge in [-0.2, -0.15) is 0 Å². The van der Waals surface area contributed by atoms with E-state index in [0.717, 1.165) is 24.7 Å². The highest BCUT2D eigenvalue weighted by Gasteiger charge is 2.06. The van der Waals surface area contributed by atoms with E-state index >= 15 is 0 Å². The van der Waals surface area contributed by atoms with E-state index in [1.807, 2.05) is 0 Å². The first-order valence-corrected chi connectivity index (χ1v) is 13.2. The van der Waals surface area contributed by atoms with E-state index in [4.69, 9.17) is 0 Å². The zero-order valence-corrected chi connectivity index (χ0v) is 20.3. The van der Waals surface area contributed by atoms with Gasteiger partial charge in [-0.15, -0.1) is 11.8 Å². The molecule has 0 fully saturated rings. The minimum Gasteiger partial charge on any atom is -0.103 e. The first-order valence-electron chi connectivity index (χ1n) is 13.2. The van der Waals surface area contributed by atoms with Crippen LogP contribution in [0.4, 0.5) is 0 Å². The molecule has 0 heteroatoms. The van der Waals surface area contributed by atoms with Crippen LogP contribution < -0.4 is 0 Å². The number of rotatable bonds is 20. The average Bonchev–Trinajstić information content (AvgIpc) is 2.72. The second kappa shape index (κ2) is 22.8. The highest BCUT2D eigenvalue weighted by molar-refractivity contribution is 4.98. The Balaban J connectivity index is 3.61. The van der Waals surface area contributed by atoms with Crippen LogP contribution in [0.2, 0.25) is 0 Å². The van der Waals surface area contributed by atoms with E-state index in [1.54, 1.807) is 0 Å². The van der Waals surface area contributed by atoms with Gasteiger partial charge in [-0.1, -0.05) is 130 Å². The standard InChI is InChI=1S/C28H54/c1-5-9-11-13-16-20-24-28(8-4)26-22-18-15-14-17-21-25-27(7-3)23-19-12-10-6-2/h27-28H,5-13,15-16,18-26H2,1-4H3. The highest BCUT2D eigenvalue weighted by Crippen LogP contribution is 2.21. The Kier molecular flexibility index (Phi) is 22.5. The van der Waals surface area contributed by atoms with Gasteiger partial charge in [-0.05, 0) is 24.7 Å². The van der Waals surface area contributed by atoms with E-state index in [9.17, 15) is 0 Å². The molecule has 0 aliphatic carbocycles. The van der Waals surface area contributed by atoms with Gasteiger partial charge in [-0.25, -0.2) is 0 Å². The Morgan fingerprint density at radius 3 is 1.43 bits per heavy atom. The molecular weight excluding hydrogens is 336 g/mol. The maximum absolute atomic E-state index is 3.46. The quantitative estimate of drug-likeness (QED) is 0.143. The minimum absolute atomic E-state index is 0.915. The average molecular weight is 391 g/mol. The Hall–Kier alpha value is -0.440. The van der Waals surface area contributed by atoms with E-state index < -0.39 is 0 Å². The summed E-state index contributed by atoms with van der Waals surface area (Å²) in [6, 6.07) is 0. The number of unbranched alkanes of at least 4 members (excludes halogenated alkanes) is 10. The Morgan fingerprint density at radius 1 is 0.429 bits per heavy atom. The molecule has 0 amide bonds. The van der Waals surface area contributed by atoms with Crippen LogP contribution in [0.1, 0.15) is 156 Å². The molecule has 0 aliphatic rings. The summed E-state index contributed by atoms with van der Waals surface area (Å²) in [6.07, 6.45) is 27.5. The molecule has 0 saturated carbocycles. The predicted molar refractivity (Wildman–Crippen MR) is 130 cm³/mol. The van der Waals surface area contributed by atoms with Gasteiger partial charge in [0.1, 0.15) is 0 Å². The molecule has 0 aromatic carbocycles. The third-order valence-electron chi connectivity index (χ3n) is 6.55. The van der Waals surface area contributed by atoms with Crippen LogP contribution in [0, 0.1) is 23.7 Å². The van der Waals surface area contributed by atoms with Gasteiger partial charge in [-0.3, -0.25) is 0 Å². The Morgan fingerprint density at radius 2 is 0.857 bits per heavy atom. The normalized spacial score (nSPS) is 13.1. The lowest BCUT2D eigenvalue weighted by atomic mass is 9.92. The monoisotopic (exact) mass is 390 g/mol. The number of hydrogen-bond donors (Lipinski definition) is 0. The molecule has 0 aromatic rings. The topological polar surface area (TPSA) is 0 Å². The smallest absolute Gasteiger partial charge is 0.00913 e. The molecule has 0 bridgehead atoms. The van der Waals surface area contributed by atoms with Crippen LogP contribution in [-0.2, 0) is 0 Å². The molecule has 2 atom stereocenters. The van der Waals surface area contributed by atoms with Crippen molar-refractivity contribution < 1.29 is 0 Å². The van der Waals surface area contributed by atoms with Crippen LogP contribution >= 0.6 is 0 Å². The van der Waals surface area contributed by atoms with E-state index in [0.29, 0.717) is 0 Å². The summed E-state index contributed by atoms with van der Waals surface area (Å²) in [7, 11) is 0. The van der Waals surface area contributed by atoms with Crippen molar-refractivity contribution in [1.82, 2.24) is 0 Å². The second-order valence-corrected chi connectivity index (χ2v) is 9.09. The van der Waals surface area contributed by atoms with Gasteiger partial charge in [0.15, 0.2) is 0 Å². The van der Waals surface area contributed by atoms with Gasteiger partial charge in [0.05, 0.1) is 0 Å². The maximum Gasteiger partial charge on any atom is 0.00913 e. The minimum atomic E-state index is 0.915. The fourth-order valence-electron chi connectivity index (χ4n) is 4.28. The van der Waals surface area contributed by atoms with E-state index in [1.165, 1.54) is 116 Å². The molecule has 0 aliphatic heterocycles. The van der Waals surface area contributed by atoms with Crippen molar-refractivity contribution in [3.8, 4) is 11.8 Å². The van der Waals surface area contributed by atoms with Crippen LogP contribution in [-0.4, -0.2) is 0 Å². The Labute approximate surface area is 180 Å². The van der Waals surface area contributed by atoms with Gasteiger partial charge < -0.3 is 0 Å². The van der Waals surface area contributed by atoms with Crippen LogP contribution in [0.15, 0.2) is 0 Å². The molecule has 0 spiro atoms. The third kappa shape index (κ3) is 18.9. The van der Waals surface area contributed by atoms with Gasteiger partial charge in [0.2, 0.25) is 0 Å². The van der Waals surface area contributed by atoms with Crippen molar-refractivity contribution in [3.05, 3.63) is 0 Å². The van der Waals surface area contributed by atoms with Crippen molar-refractivity contribution in [2.75, 3.05) is 0 Å². The summed E-state index contributed by atoms with van der Waals surface area (Å²) in [4.78, 5) is 0. The third-order valence-corrected chi connectivity index (χ3v) is 6.55. The molecule has 0 aromatic heterocycles. The van der Waals surface area contributed by atoms with Crippen molar-refractivity contribution in [1.29, 1.82) is 0 Å². The van der Waals surface area contributed by atoms with Crippen LogP contribution in [0.25, 0.3) is 0 Å². The van der Waals surface area contributed by atoms with E-state index in [-0.39, 0.29) is 0 Å². The fourth-order valence-corrected chi connectivity index (χ4v) is 4.28. The summed E-state index contributed by atoms with van der Waals surface area (Å²) in [5.41, 5.74) is 0. The molecule has 28 heavy (non-hydrogen) atoms. The number of hydrogen-bond acceptors (Lipinski definition) is 0. The Bertz CT molecular complexity index is 345. The molecular formula is C28H54. The van der Waals surface area contributed by atoms with E-state index in [2.05, 4.69) is 39.5 Å². The predicted octanol–water partition coefficient (Wildman–Crippen LogP) is 10.1. The lowest BCUT2D eigenvalue weighted by molar-refractivity contribution is 0.398. The molecule has 2 unspecified atom stereocenters. The molecule has 0 rings (SSSR count). The largest absolute Gasteiger partial charge is 0.103 e. The van der Waals surface area contributed by atoms with Crippen molar-refractivity contribution in [2.24, 2.45) is 11.8 Å². The molecule has 166 valence electrons. The lowest BCUT2D eigenvalue weighted by Gasteiger charge is -2.14.